The van der Waals surface area contributed by atoms with Crippen LogP contribution in [0.25, 0.3) is 0 Å². The van der Waals surface area contributed by atoms with Crippen molar-refractivity contribution in [2.75, 3.05) is 37.4 Å². The van der Waals surface area contributed by atoms with E-state index in [2.05, 4.69) is 11.0 Å². The van der Waals surface area contributed by atoms with Gasteiger partial charge in [0.2, 0.25) is 0 Å². The van der Waals surface area contributed by atoms with Crippen molar-refractivity contribution in [3.8, 4) is 11.8 Å². The van der Waals surface area contributed by atoms with Crippen molar-refractivity contribution in [1.29, 1.82) is 5.26 Å². The minimum atomic E-state index is -0.368. The van der Waals surface area contributed by atoms with Gasteiger partial charge >= 0.3 is 0 Å². The SMILES string of the molecule is COc1cc(N2CCOC(C#N)C2)ccc1N. The second-order valence-electron chi connectivity index (χ2n) is 3.86. The van der Waals surface area contributed by atoms with E-state index in [1.807, 2.05) is 18.2 Å². The summed E-state index contributed by atoms with van der Waals surface area (Å²) in [6, 6.07) is 7.75. The van der Waals surface area contributed by atoms with Gasteiger partial charge in [0.1, 0.15) is 5.75 Å². The van der Waals surface area contributed by atoms with Crippen molar-refractivity contribution >= 4 is 11.4 Å². The summed E-state index contributed by atoms with van der Waals surface area (Å²) < 4.78 is 10.5. The van der Waals surface area contributed by atoms with E-state index in [1.165, 1.54) is 0 Å². The number of nitrogen functional groups attached to an aromatic ring is 1. The van der Waals surface area contributed by atoms with E-state index in [0.717, 1.165) is 12.2 Å². The molecular formula is C12H15N3O2. The standard InChI is InChI=1S/C12H15N3O2/c1-16-12-6-9(2-3-11(12)14)15-4-5-17-10(7-13)8-15/h2-3,6,10H,4-5,8,14H2,1H3. The van der Waals surface area contributed by atoms with Gasteiger partial charge in [0, 0.05) is 18.3 Å². The van der Waals surface area contributed by atoms with Crippen LogP contribution < -0.4 is 15.4 Å². The van der Waals surface area contributed by atoms with Crippen molar-refractivity contribution in [2.45, 2.75) is 6.10 Å². The summed E-state index contributed by atoms with van der Waals surface area (Å²) in [4.78, 5) is 2.10. The maximum atomic E-state index is 8.85. The van der Waals surface area contributed by atoms with Gasteiger partial charge in [0.15, 0.2) is 6.10 Å². The number of anilines is 2. The predicted octanol–water partition coefficient (Wildman–Crippen LogP) is 1.01. The zero-order valence-electron chi connectivity index (χ0n) is 9.72. The third kappa shape index (κ3) is 2.43. The molecule has 2 N–H and O–H groups in total. The van der Waals surface area contributed by atoms with Gasteiger partial charge in [0.25, 0.3) is 0 Å². The minimum Gasteiger partial charge on any atom is -0.495 e. The van der Waals surface area contributed by atoms with E-state index in [-0.39, 0.29) is 6.10 Å². The van der Waals surface area contributed by atoms with Crippen molar-refractivity contribution in [3.63, 3.8) is 0 Å². The summed E-state index contributed by atoms with van der Waals surface area (Å²) >= 11 is 0. The van der Waals surface area contributed by atoms with E-state index < -0.39 is 0 Å². The number of methoxy groups -OCH3 is 1. The molecule has 1 aliphatic rings. The topological polar surface area (TPSA) is 71.5 Å². The molecule has 1 fully saturated rings. The van der Waals surface area contributed by atoms with Crippen molar-refractivity contribution in [1.82, 2.24) is 0 Å². The Kier molecular flexibility index (Phi) is 3.35. The molecule has 0 amide bonds. The summed E-state index contributed by atoms with van der Waals surface area (Å²) in [5.74, 6) is 0.655. The molecule has 0 aromatic heterocycles. The van der Waals surface area contributed by atoms with Gasteiger partial charge in [-0.1, -0.05) is 0 Å². The molecule has 0 bridgehead atoms. The lowest BCUT2D eigenvalue weighted by Gasteiger charge is -2.31. The number of benzene rings is 1. The Morgan fingerprint density at radius 2 is 2.41 bits per heavy atom. The Morgan fingerprint density at radius 3 is 3.12 bits per heavy atom. The monoisotopic (exact) mass is 233 g/mol. The highest BCUT2D eigenvalue weighted by molar-refractivity contribution is 5.62. The van der Waals surface area contributed by atoms with Gasteiger partial charge in [0.05, 0.1) is 32.0 Å². The second-order valence-corrected chi connectivity index (χ2v) is 3.86. The Labute approximate surface area is 100 Å². The quantitative estimate of drug-likeness (QED) is 0.772. The van der Waals surface area contributed by atoms with Gasteiger partial charge in [-0.05, 0) is 12.1 Å². The zero-order chi connectivity index (χ0) is 12.3. The summed E-state index contributed by atoms with van der Waals surface area (Å²) in [5.41, 5.74) is 7.37. The van der Waals surface area contributed by atoms with Crippen LogP contribution in [0.5, 0.6) is 5.75 Å². The molecule has 0 aliphatic carbocycles. The lowest BCUT2D eigenvalue weighted by Crippen LogP contribution is -2.41. The van der Waals surface area contributed by atoms with Gasteiger partial charge in [-0.2, -0.15) is 5.26 Å². The van der Waals surface area contributed by atoms with Crippen LogP contribution in [0.3, 0.4) is 0 Å². The van der Waals surface area contributed by atoms with Crippen molar-refractivity contribution in [3.05, 3.63) is 18.2 Å². The van der Waals surface area contributed by atoms with E-state index in [1.54, 1.807) is 7.11 Å². The fourth-order valence-electron chi connectivity index (χ4n) is 1.86. The molecular weight excluding hydrogens is 218 g/mol. The second kappa shape index (κ2) is 4.93. The Hall–Kier alpha value is -1.93. The van der Waals surface area contributed by atoms with Crippen LogP contribution in [-0.2, 0) is 4.74 Å². The highest BCUT2D eigenvalue weighted by Gasteiger charge is 2.20. The summed E-state index contributed by atoms with van der Waals surface area (Å²) in [7, 11) is 1.59. The predicted molar refractivity (Wildman–Crippen MR) is 65.0 cm³/mol. The lowest BCUT2D eigenvalue weighted by molar-refractivity contribution is 0.0764. The lowest BCUT2D eigenvalue weighted by atomic mass is 10.2. The molecule has 0 spiro atoms. The normalized spacial score (nSPS) is 19.8. The molecule has 5 nitrogen and oxygen atoms in total. The van der Waals surface area contributed by atoms with E-state index in [9.17, 15) is 0 Å². The van der Waals surface area contributed by atoms with Crippen LogP contribution in [0, 0.1) is 11.3 Å². The van der Waals surface area contributed by atoms with Crippen molar-refractivity contribution < 1.29 is 9.47 Å². The highest BCUT2D eigenvalue weighted by Crippen LogP contribution is 2.28. The fourth-order valence-corrected chi connectivity index (χ4v) is 1.86. The highest BCUT2D eigenvalue weighted by atomic mass is 16.5. The number of hydrogen-bond acceptors (Lipinski definition) is 5. The molecule has 1 unspecified atom stereocenters. The van der Waals surface area contributed by atoms with Gasteiger partial charge in [-0.15, -0.1) is 0 Å². The number of nitriles is 1. The van der Waals surface area contributed by atoms with Crippen molar-refractivity contribution in [2.24, 2.45) is 0 Å². The van der Waals surface area contributed by atoms with Crippen LogP contribution >= 0.6 is 0 Å². The summed E-state index contributed by atoms with van der Waals surface area (Å²) in [5, 5.41) is 8.85. The molecule has 90 valence electrons. The molecule has 1 aromatic carbocycles. The molecule has 1 aliphatic heterocycles. The largest absolute Gasteiger partial charge is 0.495 e. The van der Waals surface area contributed by atoms with Crippen LogP contribution in [0.4, 0.5) is 11.4 Å². The van der Waals surface area contributed by atoms with E-state index in [4.69, 9.17) is 20.5 Å². The summed E-state index contributed by atoms with van der Waals surface area (Å²) in [6.45, 7) is 1.90. The van der Waals surface area contributed by atoms with Crippen LogP contribution in [0.2, 0.25) is 0 Å². The molecule has 0 saturated carbocycles. The molecule has 1 aromatic rings. The summed E-state index contributed by atoms with van der Waals surface area (Å²) in [6.07, 6.45) is -0.368. The van der Waals surface area contributed by atoms with E-state index >= 15 is 0 Å². The smallest absolute Gasteiger partial charge is 0.161 e. The Morgan fingerprint density at radius 1 is 1.59 bits per heavy atom. The van der Waals surface area contributed by atoms with Gasteiger partial charge in [-0.3, -0.25) is 0 Å². The van der Waals surface area contributed by atoms with Crippen LogP contribution in [0.1, 0.15) is 0 Å². The number of ether oxygens (including phenoxy) is 2. The first kappa shape index (κ1) is 11.6. The molecule has 1 saturated heterocycles. The zero-order valence-corrected chi connectivity index (χ0v) is 9.72. The third-order valence-corrected chi connectivity index (χ3v) is 2.79. The number of nitrogens with two attached hydrogens (primary N) is 1. The number of nitrogens with zero attached hydrogens (tertiary/aromatic N) is 2. The van der Waals surface area contributed by atoms with Gasteiger partial charge < -0.3 is 20.1 Å². The first-order chi connectivity index (χ1) is 8.24. The number of rotatable bonds is 2. The maximum Gasteiger partial charge on any atom is 0.161 e. The number of hydrogen-bond donors (Lipinski definition) is 1. The average molecular weight is 233 g/mol. The van der Waals surface area contributed by atoms with E-state index in [0.29, 0.717) is 24.6 Å². The molecule has 5 heteroatoms. The molecule has 17 heavy (non-hydrogen) atoms. The van der Waals surface area contributed by atoms with Crippen LogP contribution in [0.15, 0.2) is 18.2 Å². The minimum absolute atomic E-state index is 0.368. The first-order valence-corrected chi connectivity index (χ1v) is 5.44. The molecule has 1 heterocycles. The Bertz CT molecular complexity index is 442. The maximum absolute atomic E-state index is 8.85. The Balaban J connectivity index is 2.19. The van der Waals surface area contributed by atoms with Crippen LogP contribution in [-0.4, -0.2) is 32.9 Å². The third-order valence-electron chi connectivity index (χ3n) is 2.79. The average Bonchev–Trinajstić information content (AvgIpc) is 2.39. The molecule has 2 rings (SSSR count). The molecule has 1 atom stereocenters. The van der Waals surface area contributed by atoms with Gasteiger partial charge in [-0.25, -0.2) is 0 Å². The number of morpholine rings is 1. The molecule has 0 radical (unpaired) electrons. The fraction of sp³-hybridized carbons (Fsp3) is 0.417. The first-order valence-electron chi connectivity index (χ1n) is 5.44.